The number of aliphatic hydroxyl groups excluding tert-OH is 1. The Kier molecular flexibility index (Phi) is 8.47. The Morgan fingerprint density at radius 2 is 1.90 bits per heavy atom. The fourth-order valence-electron chi connectivity index (χ4n) is 8.35. The van der Waals surface area contributed by atoms with Gasteiger partial charge in [0.25, 0.3) is 0 Å². The molecule has 0 aliphatic heterocycles. The molecule has 2 heterocycles. The molecule has 5 saturated carbocycles. The first-order valence-corrected chi connectivity index (χ1v) is 16.3. The van der Waals surface area contributed by atoms with Crippen molar-refractivity contribution in [3.05, 3.63) is 35.7 Å². The number of hydrogen-bond acceptors (Lipinski definition) is 9. The van der Waals surface area contributed by atoms with Gasteiger partial charge in [-0.15, -0.1) is 11.8 Å². The van der Waals surface area contributed by atoms with Crippen molar-refractivity contribution in [3.63, 3.8) is 0 Å². The van der Waals surface area contributed by atoms with Crippen molar-refractivity contribution in [2.75, 3.05) is 29.5 Å². The molecule has 40 heavy (non-hydrogen) atoms. The smallest absolute Gasteiger partial charge is 0.224 e. The van der Waals surface area contributed by atoms with Gasteiger partial charge in [0.15, 0.2) is 0 Å². The van der Waals surface area contributed by atoms with Crippen molar-refractivity contribution in [1.82, 2.24) is 20.3 Å². The Balaban J connectivity index is 1.08. The standard InChI is InChI=1S/C31H43N7OS/c1-2-40-29-22(4-3-9-33-29)17-35-30-36-18-25(15-32)28(38-30)37-19-31-12-21-10-23(13-31)27(24(11-21)14-31)34-16-20-5-7-26(39)8-6-20/h3-4,9,18,20-21,23-24,26-27,34,39H,2,5-8,10-14,16-17,19H2,1H3,(H2,35,36,37,38)/t20-,21?,23-,24+,26+,27-,31-. The molecule has 1 unspecified atom stereocenters. The Morgan fingerprint density at radius 3 is 2.65 bits per heavy atom. The lowest BCUT2D eigenvalue weighted by atomic mass is 9.48. The van der Waals surface area contributed by atoms with Crippen molar-refractivity contribution in [3.8, 4) is 6.07 Å². The van der Waals surface area contributed by atoms with Gasteiger partial charge in [-0.25, -0.2) is 9.97 Å². The maximum Gasteiger partial charge on any atom is 0.224 e. The number of aliphatic hydroxyl groups is 1. The van der Waals surface area contributed by atoms with Crippen molar-refractivity contribution < 1.29 is 5.11 Å². The van der Waals surface area contributed by atoms with Gasteiger partial charge in [0.1, 0.15) is 22.5 Å². The van der Waals surface area contributed by atoms with E-state index in [0.29, 0.717) is 29.9 Å². The lowest BCUT2D eigenvalue weighted by molar-refractivity contribution is -0.0704. The van der Waals surface area contributed by atoms with E-state index in [2.05, 4.69) is 45.0 Å². The molecule has 0 aromatic carbocycles. The number of pyridine rings is 1. The van der Waals surface area contributed by atoms with Gasteiger partial charge in [0.2, 0.25) is 5.95 Å². The molecule has 4 bridgehead atoms. The molecule has 0 radical (unpaired) electrons. The van der Waals surface area contributed by atoms with Crippen molar-refractivity contribution >= 4 is 23.5 Å². The third-order valence-corrected chi connectivity index (χ3v) is 10.9. The van der Waals surface area contributed by atoms with E-state index in [4.69, 9.17) is 4.98 Å². The zero-order valence-corrected chi connectivity index (χ0v) is 24.4. The minimum Gasteiger partial charge on any atom is -0.393 e. The minimum atomic E-state index is -0.0769. The summed E-state index contributed by atoms with van der Waals surface area (Å²) >= 11 is 1.73. The van der Waals surface area contributed by atoms with Gasteiger partial charge in [-0.3, -0.25) is 0 Å². The van der Waals surface area contributed by atoms with E-state index in [1.807, 2.05) is 12.3 Å². The zero-order chi connectivity index (χ0) is 27.5. The van der Waals surface area contributed by atoms with Gasteiger partial charge < -0.3 is 21.1 Å². The van der Waals surface area contributed by atoms with E-state index < -0.39 is 0 Å². The second-order valence-corrected chi connectivity index (χ2v) is 14.0. The summed E-state index contributed by atoms with van der Waals surface area (Å²) in [4.78, 5) is 13.7. The van der Waals surface area contributed by atoms with Crippen LogP contribution in [0.2, 0.25) is 0 Å². The number of nitrogens with one attached hydrogen (secondary N) is 3. The molecular formula is C31H43N7OS. The number of hydrogen-bond donors (Lipinski definition) is 4. The summed E-state index contributed by atoms with van der Waals surface area (Å²) in [5, 5.41) is 31.6. The fourth-order valence-corrected chi connectivity index (χ4v) is 9.08. The Morgan fingerprint density at radius 1 is 1.10 bits per heavy atom. The van der Waals surface area contributed by atoms with E-state index in [1.54, 1.807) is 18.0 Å². The SMILES string of the molecule is CCSc1ncccc1CNc1ncc(C#N)c(NC[C@]23CC4C[C@H](C2)[C@@H](NC[C@H]2CC[C@@H](O)CC2)[C@@H](C4)C3)n1. The molecule has 4 N–H and O–H groups in total. The van der Waals surface area contributed by atoms with Crippen LogP contribution in [0.15, 0.2) is 29.6 Å². The van der Waals surface area contributed by atoms with Crippen LogP contribution < -0.4 is 16.0 Å². The largest absolute Gasteiger partial charge is 0.393 e. The van der Waals surface area contributed by atoms with E-state index in [0.717, 1.165) is 78.8 Å². The molecule has 7 rings (SSSR count). The molecule has 0 spiro atoms. The minimum absolute atomic E-state index is 0.0769. The van der Waals surface area contributed by atoms with Gasteiger partial charge >= 0.3 is 0 Å². The van der Waals surface area contributed by atoms with Crippen LogP contribution in [0.5, 0.6) is 0 Å². The average molecular weight is 562 g/mol. The van der Waals surface area contributed by atoms with Gasteiger partial charge in [-0.1, -0.05) is 13.0 Å². The van der Waals surface area contributed by atoms with E-state index in [1.165, 1.54) is 32.1 Å². The van der Waals surface area contributed by atoms with Crippen molar-refractivity contribution in [1.29, 1.82) is 5.26 Å². The summed E-state index contributed by atoms with van der Waals surface area (Å²) < 4.78 is 0. The van der Waals surface area contributed by atoms with Crippen LogP contribution in [0.3, 0.4) is 0 Å². The van der Waals surface area contributed by atoms with E-state index >= 15 is 0 Å². The highest BCUT2D eigenvalue weighted by molar-refractivity contribution is 7.99. The van der Waals surface area contributed by atoms with Crippen LogP contribution in [-0.2, 0) is 6.54 Å². The predicted molar refractivity (Wildman–Crippen MR) is 159 cm³/mol. The molecule has 214 valence electrons. The van der Waals surface area contributed by atoms with Gasteiger partial charge in [0, 0.05) is 30.9 Å². The fraction of sp³-hybridized carbons (Fsp3) is 0.677. The van der Waals surface area contributed by atoms with Crippen LogP contribution in [0, 0.1) is 40.4 Å². The summed E-state index contributed by atoms with van der Waals surface area (Å²) in [6.07, 6.45) is 14.1. The Hall–Kier alpha value is -2.41. The monoisotopic (exact) mass is 561 g/mol. The predicted octanol–water partition coefficient (Wildman–Crippen LogP) is 5.21. The van der Waals surface area contributed by atoms with Crippen LogP contribution in [0.25, 0.3) is 0 Å². The first kappa shape index (κ1) is 27.7. The quantitative estimate of drug-likeness (QED) is 0.274. The molecule has 0 amide bonds. The second-order valence-electron chi connectivity index (χ2n) is 12.8. The van der Waals surface area contributed by atoms with Gasteiger partial charge in [-0.2, -0.15) is 10.2 Å². The van der Waals surface area contributed by atoms with Crippen molar-refractivity contribution in [2.24, 2.45) is 29.1 Å². The number of aromatic nitrogens is 3. The second kappa shape index (κ2) is 12.2. The average Bonchev–Trinajstić information content (AvgIpc) is 2.96. The van der Waals surface area contributed by atoms with E-state index in [-0.39, 0.29) is 11.5 Å². The summed E-state index contributed by atoms with van der Waals surface area (Å²) in [6, 6.07) is 6.96. The molecule has 2 aromatic rings. The molecule has 8 nitrogen and oxygen atoms in total. The molecule has 2 aromatic heterocycles. The van der Waals surface area contributed by atoms with Gasteiger partial charge in [-0.05, 0) is 105 Å². The molecular weight excluding hydrogens is 518 g/mol. The van der Waals surface area contributed by atoms with E-state index in [9.17, 15) is 10.4 Å². The first-order chi connectivity index (χ1) is 19.5. The molecule has 5 aliphatic carbocycles. The molecule has 5 atom stereocenters. The highest BCUT2D eigenvalue weighted by atomic mass is 32.2. The Labute approximate surface area is 242 Å². The molecule has 5 aliphatic rings. The molecule has 9 heteroatoms. The Bertz CT molecular complexity index is 1190. The number of anilines is 2. The summed E-state index contributed by atoms with van der Waals surface area (Å²) in [6.45, 7) is 4.70. The van der Waals surface area contributed by atoms with Crippen molar-refractivity contribution in [2.45, 2.75) is 88.4 Å². The lowest BCUT2D eigenvalue weighted by Crippen LogP contribution is -2.60. The van der Waals surface area contributed by atoms with Crippen LogP contribution >= 0.6 is 11.8 Å². The first-order valence-electron chi connectivity index (χ1n) is 15.3. The number of rotatable bonds is 11. The highest BCUT2D eigenvalue weighted by Gasteiger charge is 2.55. The normalized spacial score (nSPS) is 32.5. The summed E-state index contributed by atoms with van der Waals surface area (Å²) in [7, 11) is 0. The van der Waals surface area contributed by atoms with Gasteiger partial charge in [0.05, 0.1) is 12.3 Å². The maximum absolute atomic E-state index is 9.86. The number of nitriles is 1. The number of thioether (sulfide) groups is 1. The summed E-state index contributed by atoms with van der Waals surface area (Å²) in [5.41, 5.74) is 1.90. The topological polar surface area (TPSA) is 119 Å². The maximum atomic E-state index is 9.86. The van der Waals surface area contributed by atoms with Crippen LogP contribution in [0.1, 0.15) is 75.8 Å². The lowest BCUT2D eigenvalue weighted by Gasteiger charge is -2.60. The zero-order valence-electron chi connectivity index (χ0n) is 23.6. The van der Waals surface area contributed by atoms with Crippen LogP contribution in [-0.4, -0.2) is 51.0 Å². The highest BCUT2D eigenvalue weighted by Crippen LogP contribution is 2.60. The summed E-state index contributed by atoms with van der Waals surface area (Å²) in [5.74, 6) is 5.18. The molecule has 5 fully saturated rings. The molecule has 0 saturated heterocycles. The van der Waals surface area contributed by atoms with Crippen LogP contribution in [0.4, 0.5) is 11.8 Å². The third-order valence-electron chi connectivity index (χ3n) is 9.97. The third kappa shape index (κ3) is 6.09. The number of nitrogens with zero attached hydrogens (tertiary/aromatic N) is 4.